The van der Waals surface area contributed by atoms with Gasteiger partial charge in [0.25, 0.3) is 0 Å². The van der Waals surface area contributed by atoms with Gasteiger partial charge in [-0.3, -0.25) is 0 Å². The average molecular weight is 271 g/mol. The van der Waals surface area contributed by atoms with Crippen LogP contribution in [0.2, 0.25) is 0 Å². The summed E-state index contributed by atoms with van der Waals surface area (Å²) in [6.07, 6.45) is 1.03. The monoisotopic (exact) mass is 270 g/mol. The van der Waals surface area contributed by atoms with E-state index in [1.807, 2.05) is 12.1 Å². The highest BCUT2D eigenvalue weighted by Crippen LogP contribution is 2.22. The Morgan fingerprint density at radius 2 is 2.00 bits per heavy atom. The molecule has 0 radical (unpaired) electrons. The highest BCUT2D eigenvalue weighted by atomic mass is 35.5. The predicted octanol–water partition coefficient (Wildman–Crippen LogP) is 4.53. The van der Waals surface area contributed by atoms with Crippen LogP contribution in [0.15, 0.2) is 42.5 Å². The number of rotatable bonds is 3. The van der Waals surface area contributed by atoms with Crippen LogP contribution in [0.4, 0.5) is 0 Å². The number of fused-ring (bicyclic) bond motifs is 1. The number of nitrogens with one attached hydrogen (secondary N) is 1. The van der Waals surface area contributed by atoms with Crippen LogP contribution in [0.25, 0.3) is 22.4 Å². The van der Waals surface area contributed by atoms with Crippen molar-refractivity contribution in [2.75, 3.05) is 0 Å². The molecule has 0 atom stereocenters. The molecule has 3 heteroatoms. The minimum Gasteiger partial charge on any atom is -0.338 e. The van der Waals surface area contributed by atoms with Crippen molar-refractivity contribution in [1.29, 1.82) is 0 Å². The Bertz CT molecular complexity index is 716. The second-order valence-electron chi connectivity index (χ2n) is 4.62. The number of H-pyrrole nitrogens is 1. The molecule has 2 aromatic carbocycles. The van der Waals surface area contributed by atoms with Gasteiger partial charge in [-0.2, -0.15) is 0 Å². The Hall–Kier alpha value is -1.80. The van der Waals surface area contributed by atoms with Gasteiger partial charge in [0, 0.05) is 11.4 Å². The number of hydrogen-bond donors (Lipinski definition) is 1. The normalized spacial score (nSPS) is 11.1. The van der Waals surface area contributed by atoms with Crippen molar-refractivity contribution in [3.8, 4) is 11.4 Å². The molecule has 2 nitrogen and oxygen atoms in total. The van der Waals surface area contributed by atoms with Gasteiger partial charge in [-0.05, 0) is 35.7 Å². The lowest BCUT2D eigenvalue weighted by molar-refractivity contribution is 1.14. The fourth-order valence-electron chi connectivity index (χ4n) is 2.22. The quantitative estimate of drug-likeness (QED) is 0.696. The van der Waals surface area contributed by atoms with Gasteiger partial charge in [0.15, 0.2) is 0 Å². The standard InChI is InChI=1S/C16H15ClN2/c1-2-11-6-7-14-15(9-11)19-16(18-14)13-5-3-4-12(8-13)10-17/h3-9H,2,10H2,1H3,(H,18,19). The first-order valence-corrected chi connectivity index (χ1v) is 6.97. The zero-order valence-corrected chi connectivity index (χ0v) is 11.5. The summed E-state index contributed by atoms with van der Waals surface area (Å²) >= 11 is 5.87. The number of alkyl halides is 1. The summed E-state index contributed by atoms with van der Waals surface area (Å²) in [6, 6.07) is 14.5. The van der Waals surface area contributed by atoms with Gasteiger partial charge in [-0.25, -0.2) is 4.98 Å². The lowest BCUT2D eigenvalue weighted by atomic mass is 10.1. The molecule has 0 spiro atoms. The predicted molar refractivity (Wildman–Crippen MR) is 80.5 cm³/mol. The zero-order chi connectivity index (χ0) is 13.2. The first kappa shape index (κ1) is 12.2. The topological polar surface area (TPSA) is 28.7 Å². The first-order valence-electron chi connectivity index (χ1n) is 6.44. The molecule has 19 heavy (non-hydrogen) atoms. The van der Waals surface area contributed by atoms with Gasteiger partial charge >= 0.3 is 0 Å². The molecular formula is C16H15ClN2. The molecule has 1 heterocycles. The number of hydrogen-bond acceptors (Lipinski definition) is 1. The number of aryl methyl sites for hydroxylation is 1. The van der Waals surface area contributed by atoms with Crippen LogP contribution in [-0.2, 0) is 12.3 Å². The minimum atomic E-state index is 0.522. The van der Waals surface area contributed by atoms with E-state index in [2.05, 4.69) is 47.2 Å². The molecule has 0 bridgehead atoms. The number of halogens is 1. The maximum absolute atomic E-state index is 5.87. The molecule has 0 aliphatic rings. The van der Waals surface area contributed by atoms with E-state index < -0.39 is 0 Å². The smallest absolute Gasteiger partial charge is 0.138 e. The molecule has 1 aromatic heterocycles. The van der Waals surface area contributed by atoms with Crippen molar-refractivity contribution in [2.45, 2.75) is 19.2 Å². The van der Waals surface area contributed by atoms with Crippen molar-refractivity contribution in [2.24, 2.45) is 0 Å². The van der Waals surface area contributed by atoms with Crippen molar-refractivity contribution in [3.63, 3.8) is 0 Å². The molecule has 0 fully saturated rings. The van der Waals surface area contributed by atoms with E-state index in [0.717, 1.165) is 34.4 Å². The molecule has 96 valence electrons. The summed E-state index contributed by atoms with van der Waals surface area (Å²) < 4.78 is 0. The molecule has 3 aromatic rings. The van der Waals surface area contributed by atoms with Crippen LogP contribution in [0.3, 0.4) is 0 Å². The Balaban J connectivity index is 2.09. The van der Waals surface area contributed by atoms with Crippen LogP contribution in [-0.4, -0.2) is 9.97 Å². The summed E-state index contributed by atoms with van der Waals surface area (Å²) in [5.74, 6) is 1.42. The number of aromatic amines is 1. The fourth-order valence-corrected chi connectivity index (χ4v) is 2.38. The Labute approximate surface area is 117 Å². The maximum atomic E-state index is 5.87. The number of imidazole rings is 1. The van der Waals surface area contributed by atoms with Crippen molar-refractivity contribution >= 4 is 22.6 Å². The van der Waals surface area contributed by atoms with Crippen molar-refractivity contribution < 1.29 is 0 Å². The first-order chi connectivity index (χ1) is 9.30. The molecule has 1 N–H and O–H groups in total. The van der Waals surface area contributed by atoms with Crippen LogP contribution >= 0.6 is 11.6 Å². The Morgan fingerprint density at radius 3 is 2.79 bits per heavy atom. The third-order valence-electron chi connectivity index (χ3n) is 3.31. The maximum Gasteiger partial charge on any atom is 0.138 e. The molecule has 0 unspecified atom stereocenters. The third kappa shape index (κ3) is 2.36. The number of aromatic nitrogens is 2. The van der Waals surface area contributed by atoms with E-state index in [9.17, 15) is 0 Å². The fraction of sp³-hybridized carbons (Fsp3) is 0.188. The molecule has 0 saturated heterocycles. The van der Waals surface area contributed by atoms with Gasteiger partial charge in [0.05, 0.1) is 11.0 Å². The molecule has 3 rings (SSSR count). The Morgan fingerprint density at radius 1 is 1.11 bits per heavy atom. The molecule has 0 saturated carbocycles. The number of benzene rings is 2. The molecule has 0 aliphatic carbocycles. The van der Waals surface area contributed by atoms with Gasteiger partial charge in [0.2, 0.25) is 0 Å². The van der Waals surface area contributed by atoms with E-state index in [-0.39, 0.29) is 0 Å². The highest BCUT2D eigenvalue weighted by molar-refractivity contribution is 6.17. The Kier molecular flexibility index (Phi) is 3.26. The van der Waals surface area contributed by atoms with Gasteiger partial charge < -0.3 is 4.98 Å². The summed E-state index contributed by atoms with van der Waals surface area (Å²) in [4.78, 5) is 8.02. The summed E-state index contributed by atoms with van der Waals surface area (Å²) in [7, 11) is 0. The van der Waals surface area contributed by atoms with E-state index in [0.29, 0.717) is 5.88 Å². The second kappa shape index (κ2) is 5.06. The van der Waals surface area contributed by atoms with Crippen LogP contribution in [0.5, 0.6) is 0 Å². The largest absolute Gasteiger partial charge is 0.338 e. The zero-order valence-electron chi connectivity index (χ0n) is 10.8. The molecule has 0 aliphatic heterocycles. The summed E-state index contributed by atoms with van der Waals surface area (Å²) in [5.41, 5.74) is 5.59. The summed E-state index contributed by atoms with van der Waals surface area (Å²) in [5, 5.41) is 0. The van der Waals surface area contributed by atoms with Crippen molar-refractivity contribution in [1.82, 2.24) is 9.97 Å². The van der Waals surface area contributed by atoms with E-state index in [1.54, 1.807) is 0 Å². The van der Waals surface area contributed by atoms with Crippen molar-refractivity contribution in [3.05, 3.63) is 53.6 Å². The molecular weight excluding hydrogens is 256 g/mol. The third-order valence-corrected chi connectivity index (χ3v) is 3.62. The second-order valence-corrected chi connectivity index (χ2v) is 4.89. The van der Waals surface area contributed by atoms with Gasteiger partial charge in [0.1, 0.15) is 5.82 Å². The van der Waals surface area contributed by atoms with Gasteiger partial charge in [-0.15, -0.1) is 11.6 Å². The van der Waals surface area contributed by atoms with Crippen LogP contribution in [0, 0.1) is 0 Å². The average Bonchev–Trinajstić information content (AvgIpc) is 2.90. The lowest BCUT2D eigenvalue weighted by Gasteiger charge is -1.99. The highest BCUT2D eigenvalue weighted by Gasteiger charge is 2.06. The lowest BCUT2D eigenvalue weighted by Crippen LogP contribution is -1.83. The van der Waals surface area contributed by atoms with E-state index in [1.165, 1.54) is 5.56 Å². The van der Waals surface area contributed by atoms with Crippen LogP contribution < -0.4 is 0 Å². The van der Waals surface area contributed by atoms with Crippen LogP contribution in [0.1, 0.15) is 18.1 Å². The minimum absolute atomic E-state index is 0.522. The summed E-state index contributed by atoms with van der Waals surface area (Å²) in [6.45, 7) is 2.16. The van der Waals surface area contributed by atoms with Gasteiger partial charge in [-0.1, -0.05) is 31.2 Å². The van der Waals surface area contributed by atoms with E-state index >= 15 is 0 Å². The SMILES string of the molecule is CCc1ccc2nc(-c3cccc(CCl)c3)[nH]c2c1. The molecule has 0 amide bonds. The van der Waals surface area contributed by atoms with E-state index in [4.69, 9.17) is 11.6 Å². The number of nitrogens with zero attached hydrogens (tertiary/aromatic N) is 1.